The topological polar surface area (TPSA) is 52.6 Å². The van der Waals surface area contributed by atoms with E-state index in [1.807, 2.05) is 0 Å². The van der Waals surface area contributed by atoms with Crippen molar-refractivity contribution in [3.05, 3.63) is 0 Å². The molecule has 0 saturated carbocycles. The summed E-state index contributed by atoms with van der Waals surface area (Å²) in [5.74, 6) is 2.64. The predicted octanol–water partition coefficient (Wildman–Crippen LogP) is 13.2. The Morgan fingerprint density at radius 2 is 0.787 bits per heavy atom. The van der Waals surface area contributed by atoms with E-state index in [2.05, 4.69) is 66.8 Å². The van der Waals surface area contributed by atoms with Crippen LogP contribution in [-0.4, -0.2) is 57.8 Å². The number of hydrogen-bond acceptors (Lipinski definition) is 6. The average molecular weight is 810 g/mol. The predicted molar refractivity (Wildman–Crippen MR) is 217 cm³/mol. The third-order valence-corrected chi connectivity index (χ3v) is 12.4. The number of thiol groups is 2. The van der Waals surface area contributed by atoms with Crippen molar-refractivity contribution in [1.29, 1.82) is 0 Å². The maximum absolute atomic E-state index is 11.1. The normalized spacial score (nSPS) is 10.8. The number of unbranched alkanes of at least 4 members (excludes halogenated alkanes) is 16. The first kappa shape index (κ1) is 51.8. The van der Waals surface area contributed by atoms with E-state index in [4.69, 9.17) is 9.47 Å². The molecule has 0 fully saturated rings. The number of rotatable bonds is 32. The summed E-state index contributed by atoms with van der Waals surface area (Å²) in [6, 6.07) is 0. The third kappa shape index (κ3) is 56.1. The van der Waals surface area contributed by atoms with Gasteiger partial charge in [-0.05, 0) is 24.7 Å². The van der Waals surface area contributed by atoms with Gasteiger partial charge in [-0.3, -0.25) is 9.59 Å². The van der Waals surface area contributed by atoms with Gasteiger partial charge in [0.25, 0.3) is 0 Å². The van der Waals surface area contributed by atoms with Crippen molar-refractivity contribution in [2.45, 2.75) is 205 Å². The molecule has 0 aromatic heterocycles. The summed E-state index contributed by atoms with van der Waals surface area (Å²) in [6.07, 6.45) is 30.0. The van der Waals surface area contributed by atoms with Crippen LogP contribution in [0.15, 0.2) is 0 Å². The second-order valence-corrected chi connectivity index (χ2v) is 19.0. The summed E-state index contributed by atoms with van der Waals surface area (Å²) >= 11 is 8.14. The maximum atomic E-state index is 11.1. The molecule has 7 heteroatoms. The number of carbonyl (C=O) groups excluding carboxylic acids is 2. The molecule has 0 unspecified atom stereocenters. The first-order valence-electron chi connectivity index (χ1n) is 20.0. The van der Waals surface area contributed by atoms with E-state index in [-0.39, 0.29) is 33.1 Å². The second kappa shape index (κ2) is 46.4. The molecule has 47 heavy (non-hydrogen) atoms. The second-order valence-electron chi connectivity index (χ2n) is 13.9. The van der Waals surface area contributed by atoms with Gasteiger partial charge in [0.1, 0.15) is 0 Å². The van der Waals surface area contributed by atoms with Crippen LogP contribution in [0, 0.1) is 11.8 Å². The van der Waals surface area contributed by atoms with Gasteiger partial charge in [0, 0.05) is 11.5 Å². The van der Waals surface area contributed by atoms with Gasteiger partial charge < -0.3 is 9.47 Å². The summed E-state index contributed by atoms with van der Waals surface area (Å²) in [4.78, 5) is 22.1. The molecule has 0 aliphatic heterocycles. The van der Waals surface area contributed by atoms with Gasteiger partial charge in [0.2, 0.25) is 0 Å². The zero-order valence-corrected chi connectivity index (χ0v) is 37.0. The molecule has 0 atom stereocenters. The minimum absolute atomic E-state index is 0.111. The molecule has 0 N–H and O–H groups in total. The molecule has 0 heterocycles. The number of esters is 2. The SMILES string of the molecule is CC(C)CCCCCCCCCCOC(=O)CCS.CC(C)CCCCCCCCCCOC(=O)CCS.CCC[CH2][Sn][CH2]CCC. The molecule has 0 saturated heterocycles. The van der Waals surface area contributed by atoms with E-state index < -0.39 is 0 Å². The molecule has 0 aromatic rings. The molecule has 2 radical (unpaired) electrons. The Hall–Kier alpha value is 0.439. The van der Waals surface area contributed by atoms with Gasteiger partial charge in [-0.15, -0.1) is 0 Å². The number of hydrogen-bond donors (Lipinski definition) is 2. The van der Waals surface area contributed by atoms with Gasteiger partial charge in [-0.1, -0.05) is 130 Å². The van der Waals surface area contributed by atoms with E-state index >= 15 is 0 Å². The zero-order chi connectivity index (χ0) is 35.6. The zero-order valence-electron chi connectivity index (χ0n) is 32.4. The monoisotopic (exact) mass is 810 g/mol. The van der Waals surface area contributed by atoms with Gasteiger partial charge in [0.15, 0.2) is 0 Å². The van der Waals surface area contributed by atoms with Crippen molar-refractivity contribution in [1.82, 2.24) is 0 Å². The van der Waals surface area contributed by atoms with Crippen molar-refractivity contribution in [3.8, 4) is 0 Å². The van der Waals surface area contributed by atoms with Crippen molar-refractivity contribution in [3.63, 3.8) is 0 Å². The molecule has 0 rings (SSSR count). The molecule has 0 amide bonds. The van der Waals surface area contributed by atoms with E-state index in [1.165, 1.54) is 128 Å². The van der Waals surface area contributed by atoms with Crippen LogP contribution >= 0.6 is 25.3 Å². The van der Waals surface area contributed by atoms with Gasteiger partial charge in [-0.2, -0.15) is 25.3 Å². The van der Waals surface area contributed by atoms with Crippen molar-refractivity contribution >= 4 is 58.3 Å². The van der Waals surface area contributed by atoms with Crippen LogP contribution in [0.5, 0.6) is 0 Å². The fourth-order valence-electron chi connectivity index (χ4n) is 4.86. The third-order valence-electron chi connectivity index (χ3n) is 7.92. The molecule has 282 valence electrons. The van der Waals surface area contributed by atoms with Crippen molar-refractivity contribution in [2.75, 3.05) is 24.7 Å². The summed E-state index contributed by atoms with van der Waals surface area (Å²) in [6.45, 7) is 14.9. The van der Waals surface area contributed by atoms with Crippen molar-refractivity contribution < 1.29 is 19.1 Å². The van der Waals surface area contributed by atoms with Crippen LogP contribution in [0.2, 0.25) is 8.87 Å². The molecule has 0 aliphatic carbocycles. The standard InChI is InChI=1S/2C16H32O2S.2C4H9.Sn/c2*1-15(2)11-9-7-5-3-4-6-8-10-13-18-16(17)12-14-19;2*1-3-4-2;/h2*15,19H,3-14H2,1-2H3;2*1,3-4H2,2H3;. The molecule has 0 spiro atoms. The molecule has 0 aromatic carbocycles. The molecule has 0 aliphatic rings. The Morgan fingerprint density at radius 1 is 0.489 bits per heavy atom. The Morgan fingerprint density at radius 3 is 1.06 bits per heavy atom. The van der Waals surface area contributed by atoms with E-state index in [0.717, 1.165) is 24.7 Å². The quantitative estimate of drug-likeness (QED) is 0.0308. The number of carbonyl (C=O) groups is 2. The van der Waals surface area contributed by atoms with Gasteiger partial charge >= 0.3 is 81.5 Å². The molecular formula is C40H82O4S2Sn. The Kier molecular flexibility index (Phi) is 51.2. The van der Waals surface area contributed by atoms with Crippen LogP contribution in [-0.2, 0) is 19.1 Å². The molecular weight excluding hydrogens is 727 g/mol. The Balaban J connectivity index is -0.000000658. The van der Waals surface area contributed by atoms with Crippen LogP contribution in [0.4, 0.5) is 0 Å². The van der Waals surface area contributed by atoms with Crippen LogP contribution in [0.1, 0.15) is 196 Å². The molecule has 0 bridgehead atoms. The first-order valence-corrected chi connectivity index (χ1v) is 25.3. The summed E-state index contributed by atoms with van der Waals surface area (Å²) < 4.78 is 13.4. The Labute approximate surface area is 316 Å². The molecule has 4 nitrogen and oxygen atoms in total. The fraction of sp³-hybridized carbons (Fsp3) is 0.950. The summed E-state index contributed by atoms with van der Waals surface area (Å²) in [7, 11) is 0. The number of ether oxygens (including phenoxy) is 2. The summed E-state index contributed by atoms with van der Waals surface area (Å²) in [5, 5.41) is 0. The fourth-order valence-corrected chi connectivity index (χ4v) is 9.38. The van der Waals surface area contributed by atoms with Gasteiger partial charge in [-0.25, -0.2) is 0 Å². The van der Waals surface area contributed by atoms with E-state index in [9.17, 15) is 9.59 Å². The van der Waals surface area contributed by atoms with Crippen molar-refractivity contribution in [2.24, 2.45) is 11.8 Å². The van der Waals surface area contributed by atoms with Crippen LogP contribution in [0.25, 0.3) is 0 Å². The Bertz CT molecular complexity index is 555. The van der Waals surface area contributed by atoms with E-state index in [1.54, 1.807) is 8.87 Å². The average Bonchev–Trinajstić information content (AvgIpc) is 3.03. The van der Waals surface area contributed by atoms with Gasteiger partial charge in [0.05, 0.1) is 26.1 Å². The van der Waals surface area contributed by atoms with E-state index in [0.29, 0.717) is 37.6 Å². The first-order chi connectivity index (χ1) is 22.7. The van der Waals surface area contributed by atoms with Crippen LogP contribution in [0.3, 0.4) is 0 Å². The summed E-state index contributed by atoms with van der Waals surface area (Å²) in [5.41, 5.74) is 0. The minimum atomic E-state index is -0.111. The van der Waals surface area contributed by atoms with Crippen LogP contribution < -0.4 is 0 Å².